The predicted molar refractivity (Wildman–Crippen MR) is 274 cm³/mol. The molecule has 394 valence electrons. The Morgan fingerprint density at radius 2 is 1.20 bits per heavy atom. The topological polar surface area (TPSA) is 291 Å². The van der Waals surface area contributed by atoms with Gasteiger partial charge < -0.3 is 51.6 Å². The Morgan fingerprint density at radius 1 is 0.676 bits per heavy atom. The van der Waals surface area contributed by atoms with Crippen LogP contribution < -0.4 is 37.9 Å². The van der Waals surface area contributed by atoms with Crippen molar-refractivity contribution in [2.24, 2.45) is 0 Å². The minimum atomic E-state index is -1.27. The number of carbonyl (C=O) groups is 5. The number of hydrogen-bond acceptors (Lipinski definition) is 14. The third-order valence-electron chi connectivity index (χ3n) is 11.3. The Bertz CT molecular complexity index is 2090. The molecule has 0 aliphatic heterocycles. The molecular weight excluding hydrogens is 913 g/mol. The van der Waals surface area contributed by atoms with Crippen LogP contribution in [0.2, 0.25) is 0 Å². The number of ether oxygens (including phenoxy) is 3. The summed E-state index contributed by atoms with van der Waals surface area (Å²) >= 11 is 0. The number of fused-ring (bicyclic) bond motifs is 1. The van der Waals surface area contributed by atoms with Crippen molar-refractivity contribution in [1.29, 1.82) is 0 Å². The van der Waals surface area contributed by atoms with Crippen LogP contribution in [0.3, 0.4) is 0 Å². The fourth-order valence-electron chi connectivity index (χ4n) is 7.20. The highest BCUT2D eigenvalue weighted by atomic mass is 16.5. The van der Waals surface area contributed by atoms with Gasteiger partial charge in [0.05, 0.1) is 44.9 Å². The van der Waals surface area contributed by atoms with Gasteiger partial charge in [-0.1, -0.05) is 76.9 Å². The van der Waals surface area contributed by atoms with E-state index < -0.39 is 23.5 Å². The number of nitrogens with one attached hydrogen (secondary N) is 6. The first kappa shape index (κ1) is 59.3. The van der Waals surface area contributed by atoms with E-state index in [9.17, 15) is 33.9 Å². The molecule has 3 aromatic rings. The Hall–Kier alpha value is -5.99. The van der Waals surface area contributed by atoms with Gasteiger partial charge in [-0.05, 0) is 75.6 Å². The summed E-state index contributed by atoms with van der Waals surface area (Å²) in [5.41, 5.74) is 6.55. The monoisotopic (exact) mass is 993 g/mol. The van der Waals surface area contributed by atoms with Gasteiger partial charge in [-0.3, -0.25) is 29.0 Å². The zero-order chi connectivity index (χ0) is 51.2. The van der Waals surface area contributed by atoms with E-state index in [0.29, 0.717) is 83.5 Å². The maximum Gasteiger partial charge on any atom is 0.326 e. The van der Waals surface area contributed by atoms with E-state index in [1.165, 1.54) is 95.4 Å². The lowest BCUT2D eigenvalue weighted by atomic mass is 10.1. The number of benzene rings is 1. The smallest absolute Gasteiger partial charge is 0.326 e. The van der Waals surface area contributed by atoms with Crippen LogP contribution in [-0.4, -0.2) is 120 Å². The average Bonchev–Trinajstić information content (AvgIpc) is 3.36. The summed E-state index contributed by atoms with van der Waals surface area (Å²) in [6.45, 7) is 6.34. The SMILES string of the molecule is CCCCCCCC/C=C\CCCCCCCCNC(=O)CCC(=O)NCCCOCCOCCOCCCNC(=O)CC[C@H](NC(=O)c1ccc(NCc2cnc3nc(N)[nH]c(=O)c3n2)cc1)C(=O)O. The molecule has 3 rings (SSSR count). The zero-order valence-corrected chi connectivity index (χ0v) is 41.9. The van der Waals surface area contributed by atoms with E-state index in [2.05, 4.69) is 65.6 Å². The number of carbonyl (C=O) groups excluding carboxylic acids is 4. The molecule has 1 atom stereocenters. The second-order valence-corrected chi connectivity index (χ2v) is 17.4. The van der Waals surface area contributed by atoms with E-state index in [1.54, 1.807) is 12.1 Å². The molecule has 0 fully saturated rings. The molecule has 0 unspecified atom stereocenters. The Labute approximate surface area is 418 Å². The molecule has 0 spiro atoms. The highest BCUT2D eigenvalue weighted by Crippen LogP contribution is 2.13. The number of unbranched alkanes of at least 4 members (excludes halogenated alkanes) is 12. The largest absolute Gasteiger partial charge is 0.480 e. The summed E-state index contributed by atoms with van der Waals surface area (Å²) in [4.78, 5) is 88.1. The Kier molecular flexibility index (Phi) is 31.6. The lowest BCUT2D eigenvalue weighted by Crippen LogP contribution is -2.41. The van der Waals surface area contributed by atoms with Crippen LogP contribution in [0.25, 0.3) is 11.2 Å². The van der Waals surface area contributed by atoms with Gasteiger partial charge in [0.2, 0.25) is 23.7 Å². The number of nitrogens with two attached hydrogens (primary N) is 1. The number of H-pyrrole nitrogens is 1. The predicted octanol–water partition coefficient (Wildman–Crippen LogP) is 5.87. The molecule has 0 saturated heterocycles. The first-order valence-corrected chi connectivity index (χ1v) is 25.6. The van der Waals surface area contributed by atoms with Crippen LogP contribution in [0.5, 0.6) is 0 Å². The minimum Gasteiger partial charge on any atom is -0.480 e. The summed E-state index contributed by atoms with van der Waals surface area (Å²) in [5.74, 6) is -2.51. The maximum absolute atomic E-state index is 12.8. The maximum atomic E-state index is 12.8. The van der Waals surface area contributed by atoms with Crippen molar-refractivity contribution >= 4 is 52.4 Å². The van der Waals surface area contributed by atoms with Crippen molar-refractivity contribution in [3.8, 4) is 0 Å². The lowest BCUT2D eigenvalue weighted by molar-refractivity contribution is -0.139. The number of amides is 4. The van der Waals surface area contributed by atoms with Gasteiger partial charge in [-0.25, -0.2) is 14.8 Å². The second-order valence-electron chi connectivity index (χ2n) is 17.4. The minimum absolute atomic E-state index is 0.0533. The zero-order valence-electron chi connectivity index (χ0n) is 41.9. The molecule has 0 saturated carbocycles. The normalized spacial score (nSPS) is 11.7. The van der Waals surface area contributed by atoms with Crippen LogP contribution >= 0.6 is 0 Å². The molecule has 1 aromatic carbocycles. The number of hydrogen-bond donors (Lipinski definition) is 8. The summed E-state index contributed by atoms with van der Waals surface area (Å²) in [7, 11) is 0. The number of anilines is 2. The lowest BCUT2D eigenvalue weighted by Gasteiger charge is -2.15. The van der Waals surface area contributed by atoms with E-state index in [0.717, 1.165) is 12.8 Å². The van der Waals surface area contributed by atoms with Crippen LogP contribution in [-0.2, 0) is 39.9 Å². The molecule has 0 aliphatic carbocycles. The molecule has 2 aromatic heterocycles. The number of aliphatic carboxylic acids is 1. The van der Waals surface area contributed by atoms with E-state index in [4.69, 9.17) is 19.9 Å². The summed E-state index contributed by atoms with van der Waals surface area (Å²) in [6.07, 6.45) is 25.0. The van der Waals surface area contributed by atoms with Crippen molar-refractivity contribution in [3.05, 3.63) is 64.2 Å². The first-order valence-electron chi connectivity index (χ1n) is 25.6. The van der Waals surface area contributed by atoms with Crippen LogP contribution in [0.15, 0.2) is 47.4 Å². The fraction of sp³-hybridized carbons (Fsp3) is 0.627. The Balaban J connectivity index is 1.06. The summed E-state index contributed by atoms with van der Waals surface area (Å²) in [5, 5.41) is 23.7. The van der Waals surface area contributed by atoms with Crippen molar-refractivity contribution in [1.82, 2.24) is 41.2 Å². The standard InChI is InChI=1S/C51H80N10O10/c1-2-3-4-5-6-7-8-9-10-11-12-13-14-15-16-17-28-53-44(63)26-27-45(64)55-30-19-32-70-34-36-71-35-33-69-31-18-29-54-43(62)25-24-42(50(67)68)59-48(65)39-20-22-40(23-21-39)56-37-41-38-57-47-46(58-41)49(66)61-51(52)60-47/h9-10,20-23,38,42,56H,2-8,11-19,24-37H2,1H3,(H,53,63)(H,54,62)(H,55,64)(H,59,65)(H,67,68)(H3,52,57,60,61,66)/b10-9-/t42-/m0/s1. The number of allylic oxidation sites excluding steroid dienone is 2. The molecule has 9 N–H and O–H groups in total. The van der Waals surface area contributed by atoms with Crippen LogP contribution in [0, 0.1) is 0 Å². The molecule has 0 bridgehead atoms. The van der Waals surface area contributed by atoms with Crippen molar-refractivity contribution in [2.75, 3.05) is 70.3 Å². The molecule has 0 aliphatic rings. The van der Waals surface area contributed by atoms with Gasteiger partial charge in [-0.15, -0.1) is 0 Å². The third-order valence-corrected chi connectivity index (χ3v) is 11.3. The second kappa shape index (κ2) is 37.8. The number of aromatic amines is 1. The van der Waals surface area contributed by atoms with Crippen molar-refractivity contribution in [3.63, 3.8) is 0 Å². The summed E-state index contributed by atoms with van der Waals surface area (Å²) < 4.78 is 16.6. The molecule has 20 nitrogen and oxygen atoms in total. The third kappa shape index (κ3) is 28.5. The van der Waals surface area contributed by atoms with Crippen molar-refractivity contribution in [2.45, 2.75) is 148 Å². The van der Waals surface area contributed by atoms with Gasteiger partial charge in [0, 0.05) is 63.4 Å². The van der Waals surface area contributed by atoms with Gasteiger partial charge in [0.25, 0.3) is 11.5 Å². The van der Waals surface area contributed by atoms with Gasteiger partial charge in [0.15, 0.2) is 11.2 Å². The number of nitrogens with zero attached hydrogens (tertiary/aromatic N) is 3. The molecular formula is C51H80N10O10. The average molecular weight is 993 g/mol. The number of nitrogen functional groups attached to an aromatic ring is 1. The molecule has 4 amide bonds. The van der Waals surface area contributed by atoms with E-state index in [1.807, 2.05) is 0 Å². The molecule has 71 heavy (non-hydrogen) atoms. The van der Waals surface area contributed by atoms with Gasteiger partial charge in [0.1, 0.15) is 6.04 Å². The van der Waals surface area contributed by atoms with Crippen LogP contribution in [0.4, 0.5) is 11.6 Å². The molecule has 20 heteroatoms. The fourth-order valence-corrected chi connectivity index (χ4v) is 7.20. The first-order chi connectivity index (χ1) is 34.5. The number of rotatable bonds is 42. The van der Waals surface area contributed by atoms with Gasteiger partial charge >= 0.3 is 5.97 Å². The molecule has 2 heterocycles. The van der Waals surface area contributed by atoms with E-state index in [-0.39, 0.29) is 72.6 Å². The highest BCUT2D eigenvalue weighted by Gasteiger charge is 2.22. The number of carboxylic acid groups (broad SMARTS) is 1. The van der Waals surface area contributed by atoms with Gasteiger partial charge in [-0.2, -0.15) is 4.98 Å². The van der Waals surface area contributed by atoms with Crippen LogP contribution in [0.1, 0.15) is 151 Å². The quantitative estimate of drug-likeness (QED) is 0.0243. The highest BCUT2D eigenvalue weighted by molar-refractivity contribution is 5.97. The van der Waals surface area contributed by atoms with E-state index >= 15 is 0 Å². The number of carboxylic acids is 1. The Morgan fingerprint density at radius 3 is 1.77 bits per heavy atom. The van der Waals surface area contributed by atoms with Crippen molar-refractivity contribution < 1.29 is 43.3 Å². The number of aromatic nitrogens is 4. The summed E-state index contributed by atoms with van der Waals surface area (Å²) in [6, 6.07) is 5.05. The molecule has 0 radical (unpaired) electrons.